The van der Waals surface area contributed by atoms with E-state index in [4.69, 9.17) is 4.42 Å². The SMILES string of the molecule is Cc1nc(C)c(/C(O)=C/c2coc(-c3c(F)cccc3F)n2)s1. The van der Waals surface area contributed by atoms with Gasteiger partial charge in [0, 0.05) is 6.08 Å². The quantitative estimate of drug-likeness (QED) is 0.702. The molecule has 1 aromatic carbocycles. The highest BCUT2D eigenvalue weighted by Crippen LogP contribution is 2.28. The summed E-state index contributed by atoms with van der Waals surface area (Å²) in [7, 11) is 0. The average Bonchev–Trinajstić information content (AvgIpc) is 3.05. The minimum absolute atomic E-state index is 0.0260. The minimum atomic E-state index is -0.763. The van der Waals surface area contributed by atoms with Gasteiger partial charge in [0.2, 0.25) is 5.89 Å². The summed E-state index contributed by atoms with van der Waals surface area (Å²) in [6, 6.07) is 3.51. The van der Waals surface area contributed by atoms with Crippen molar-refractivity contribution in [3.8, 4) is 11.5 Å². The molecule has 0 saturated carbocycles. The van der Waals surface area contributed by atoms with Crippen molar-refractivity contribution in [3.05, 3.63) is 57.4 Å². The molecule has 0 spiro atoms. The van der Waals surface area contributed by atoms with Crippen molar-refractivity contribution in [2.45, 2.75) is 13.8 Å². The summed E-state index contributed by atoms with van der Waals surface area (Å²) in [5.74, 6) is -1.74. The first-order valence-electron chi connectivity index (χ1n) is 6.70. The van der Waals surface area contributed by atoms with E-state index >= 15 is 0 Å². The van der Waals surface area contributed by atoms with Crippen molar-refractivity contribution in [2.75, 3.05) is 0 Å². The fourth-order valence-electron chi connectivity index (χ4n) is 2.14. The molecule has 0 aliphatic carbocycles. The maximum Gasteiger partial charge on any atom is 0.232 e. The number of hydrogen-bond donors (Lipinski definition) is 1. The van der Waals surface area contributed by atoms with Crippen molar-refractivity contribution in [1.29, 1.82) is 0 Å². The number of hydrogen-bond acceptors (Lipinski definition) is 5. The fourth-order valence-corrected chi connectivity index (χ4v) is 2.98. The van der Waals surface area contributed by atoms with Crippen molar-refractivity contribution in [1.82, 2.24) is 9.97 Å². The Hall–Kier alpha value is -2.54. The zero-order valence-electron chi connectivity index (χ0n) is 12.3. The summed E-state index contributed by atoms with van der Waals surface area (Å²) in [6.45, 7) is 3.62. The Balaban J connectivity index is 1.96. The molecule has 2 aromatic heterocycles. The predicted octanol–water partition coefficient (Wildman–Crippen LogP) is 4.75. The van der Waals surface area contributed by atoms with Crippen molar-refractivity contribution >= 4 is 23.2 Å². The number of nitrogens with zero attached hydrogens (tertiary/aromatic N) is 2. The van der Waals surface area contributed by atoms with Gasteiger partial charge < -0.3 is 9.52 Å². The Labute approximate surface area is 134 Å². The standard InChI is InChI=1S/C16H12F2N2O2S/c1-8-15(23-9(2)19-8)13(21)6-10-7-22-16(20-10)14-11(17)4-3-5-12(14)18/h3-7,21H,1-2H3/b13-6-. The van der Waals surface area contributed by atoms with Gasteiger partial charge in [-0.1, -0.05) is 6.07 Å². The summed E-state index contributed by atoms with van der Waals surface area (Å²) >= 11 is 1.34. The van der Waals surface area contributed by atoms with Crippen LogP contribution in [0.1, 0.15) is 21.3 Å². The molecule has 0 saturated heterocycles. The average molecular weight is 334 g/mol. The first kappa shape index (κ1) is 15.4. The summed E-state index contributed by atoms with van der Waals surface area (Å²) in [6.07, 6.45) is 2.59. The van der Waals surface area contributed by atoms with Crippen molar-refractivity contribution < 1.29 is 18.3 Å². The van der Waals surface area contributed by atoms with Crippen LogP contribution in [0.3, 0.4) is 0 Å². The topological polar surface area (TPSA) is 59.2 Å². The van der Waals surface area contributed by atoms with Crippen LogP contribution >= 0.6 is 11.3 Å². The molecule has 3 aromatic rings. The number of rotatable bonds is 3. The van der Waals surface area contributed by atoms with Gasteiger partial charge >= 0.3 is 0 Å². The third-order valence-electron chi connectivity index (χ3n) is 3.12. The molecule has 0 fully saturated rings. The van der Waals surface area contributed by atoms with Crippen LogP contribution in [0.25, 0.3) is 23.3 Å². The molecule has 3 rings (SSSR count). The van der Waals surface area contributed by atoms with Gasteiger partial charge in [-0.3, -0.25) is 0 Å². The second-order valence-electron chi connectivity index (χ2n) is 4.85. The van der Waals surface area contributed by atoms with Crippen molar-refractivity contribution in [3.63, 3.8) is 0 Å². The van der Waals surface area contributed by atoms with Gasteiger partial charge in [-0.25, -0.2) is 18.7 Å². The van der Waals surface area contributed by atoms with E-state index in [1.807, 2.05) is 6.92 Å². The Bertz CT molecular complexity index is 879. The van der Waals surface area contributed by atoms with Gasteiger partial charge in [0.05, 0.1) is 15.6 Å². The van der Waals surface area contributed by atoms with Crippen LogP contribution in [0.15, 0.2) is 28.9 Å². The summed E-state index contributed by atoms with van der Waals surface area (Å²) < 4.78 is 32.6. The third kappa shape index (κ3) is 3.00. The van der Waals surface area contributed by atoms with Gasteiger partial charge in [0.1, 0.15) is 34.9 Å². The first-order chi connectivity index (χ1) is 11.0. The lowest BCUT2D eigenvalue weighted by molar-refractivity contribution is 0.516. The van der Waals surface area contributed by atoms with Gasteiger partial charge in [0.15, 0.2) is 0 Å². The van der Waals surface area contributed by atoms with Crippen LogP contribution in [0, 0.1) is 25.5 Å². The van der Waals surface area contributed by atoms with Crippen LogP contribution < -0.4 is 0 Å². The molecule has 0 atom stereocenters. The highest BCUT2D eigenvalue weighted by molar-refractivity contribution is 7.12. The Morgan fingerprint density at radius 3 is 2.52 bits per heavy atom. The maximum atomic E-state index is 13.7. The second kappa shape index (κ2) is 5.92. The summed E-state index contributed by atoms with van der Waals surface area (Å²) in [4.78, 5) is 8.84. The van der Waals surface area contributed by atoms with Crippen LogP contribution in [-0.4, -0.2) is 15.1 Å². The molecule has 2 heterocycles. The van der Waals surface area contributed by atoms with E-state index in [0.29, 0.717) is 10.6 Å². The number of benzene rings is 1. The van der Waals surface area contributed by atoms with Crippen LogP contribution in [0.4, 0.5) is 8.78 Å². The molecule has 0 radical (unpaired) electrons. The molecule has 1 N–H and O–H groups in total. The van der Waals surface area contributed by atoms with E-state index < -0.39 is 11.6 Å². The lowest BCUT2D eigenvalue weighted by Crippen LogP contribution is -1.90. The third-order valence-corrected chi connectivity index (χ3v) is 4.21. The van der Waals surface area contributed by atoms with Crippen LogP contribution in [0.2, 0.25) is 0 Å². The molecule has 0 aliphatic heterocycles. The smallest absolute Gasteiger partial charge is 0.232 e. The molecule has 118 valence electrons. The van der Waals surface area contributed by atoms with Gasteiger partial charge in [-0.05, 0) is 26.0 Å². The number of thiazole rings is 1. The largest absolute Gasteiger partial charge is 0.506 e. The Morgan fingerprint density at radius 1 is 1.22 bits per heavy atom. The summed E-state index contributed by atoms with van der Waals surface area (Å²) in [5.41, 5.74) is 0.618. The van der Waals surface area contributed by atoms with E-state index in [9.17, 15) is 13.9 Å². The highest BCUT2D eigenvalue weighted by atomic mass is 32.1. The van der Waals surface area contributed by atoms with Gasteiger partial charge in [0.25, 0.3) is 0 Å². The molecular weight excluding hydrogens is 322 g/mol. The minimum Gasteiger partial charge on any atom is -0.506 e. The summed E-state index contributed by atoms with van der Waals surface area (Å²) in [5, 5.41) is 11.0. The van der Waals surface area contributed by atoms with E-state index in [0.717, 1.165) is 17.1 Å². The first-order valence-corrected chi connectivity index (χ1v) is 7.52. The maximum absolute atomic E-state index is 13.7. The monoisotopic (exact) mass is 334 g/mol. The zero-order valence-corrected chi connectivity index (χ0v) is 13.1. The molecule has 0 amide bonds. The second-order valence-corrected chi connectivity index (χ2v) is 6.05. The van der Waals surface area contributed by atoms with Crippen molar-refractivity contribution in [2.24, 2.45) is 0 Å². The Morgan fingerprint density at radius 2 is 1.91 bits per heavy atom. The number of halogens is 2. The number of aromatic nitrogens is 2. The highest BCUT2D eigenvalue weighted by Gasteiger charge is 2.17. The molecule has 23 heavy (non-hydrogen) atoms. The molecular formula is C16H12F2N2O2S. The molecule has 0 unspecified atom stereocenters. The number of aliphatic hydroxyl groups is 1. The van der Waals surface area contributed by atoms with E-state index in [1.54, 1.807) is 6.92 Å². The number of aryl methyl sites for hydroxylation is 2. The number of oxazole rings is 1. The molecule has 4 nitrogen and oxygen atoms in total. The van der Waals surface area contributed by atoms with Gasteiger partial charge in [-0.2, -0.15) is 0 Å². The Kier molecular flexibility index (Phi) is 3.96. The van der Waals surface area contributed by atoms with E-state index in [2.05, 4.69) is 9.97 Å². The van der Waals surface area contributed by atoms with E-state index in [-0.39, 0.29) is 22.9 Å². The number of aliphatic hydroxyl groups excluding tert-OH is 1. The van der Waals surface area contributed by atoms with E-state index in [1.165, 1.54) is 29.7 Å². The normalized spacial score (nSPS) is 11.9. The lowest BCUT2D eigenvalue weighted by atomic mass is 10.2. The molecule has 7 heteroatoms. The zero-order chi connectivity index (χ0) is 16.6. The molecule has 0 aliphatic rings. The molecule has 0 bridgehead atoms. The fraction of sp³-hybridized carbons (Fsp3) is 0.125. The van der Waals surface area contributed by atoms with Crippen LogP contribution in [0.5, 0.6) is 0 Å². The van der Waals surface area contributed by atoms with Gasteiger partial charge in [-0.15, -0.1) is 11.3 Å². The lowest BCUT2D eigenvalue weighted by Gasteiger charge is -1.98. The van der Waals surface area contributed by atoms with Crippen LogP contribution in [-0.2, 0) is 0 Å². The predicted molar refractivity (Wildman–Crippen MR) is 83.9 cm³/mol.